The van der Waals surface area contributed by atoms with Crippen LogP contribution >= 0.6 is 15.9 Å². The minimum absolute atomic E-state index is 0.681. The van der Waals surface area contributed by atoms with E-state index in [1.54, 1.807) is 6.20 Å². The minimum Gasteiger partial charge on any atom is -0.339 e. The summed E-state index contributed by atoms with van der Waals surface area (Å²) in [4.78, 5) is 6.83. The molecule has 6 heteroatoms. The zero-order valence-corrected chi connectivity index (χ0v) is 14.5. The lowest BCUT2D eigenvalue weighted by molar-refractivity contribution is 0.441. The molecule has 1 aromatic heterocycles. The highest BCUT2D eigenvalue weighted by atomic mass is 79.9. The highest BCUT2D eigenvalue weighted by Crippen LogP contribution is 2.26. The Morgan fingerprint density at radius 1 is 1.36 bits per heavy atom. The predicted octanol–water partition coefficient (Wildman–Crippen LogP) is 3.92. The van der Waals surface area contributed by atoms with Crippen LogP contribution in [0.2, 0.25) is 0 Å². The first-order valence-corrected chi connectivity index (χ1v) is 8.39. The molecule has 3 rings (SSSR count). The second kappa shape index (κ2) is 6.60. The fourth-order valence-electron chi connectivity index (χ4n) is 2.72. The molecule has 1 N–H and O–H groups in total. The maximum Gasteiger partial charge on any atom is 0.247 e. The molecule has 0 saturated carbocycles. The molecule has 116 valence electrons. The molecule has 1 atom stereocenters. The predicted molar refractivity (Wildman–Crippen MR) is 92.6 cm³/mol. The van der Waals surface area contributed by atoms with Crippen molar-refractivity contribution in [2.75, 3.05) is 23.3 Å². The molecule has 1 saturated heterocycles. The van der Waals surface area contributed by atoms with E-state index >= 15 is 0 Å². The number of piperidine rings is 1. The Balaban J connectivity index is 1.79. The third kappa shape index (κ3) is 3.55. The molecular formula is C16H20BrN5. The van der Waals surface area contributed by atoms with Gasteiger partial charge in [-0.2, -0.15) is 10.1 Å². The first-order chi connectivity index (χ1) is 10.6. The Hall–Kier alpha value is -1.69. The van der Waals surface area contributed by atoms with Gasteiger partial charge in [-0.1, -0.05) is 13.0 Å². The van der Waals surface area contributed by atoms with Crippen molar-refractivity contribution in [2.45, 2.75) is 26.7 Å². The standard InChI is InChI=1S/C16H20BrN5/c1-11-5-6-14(13(17)8-11)19-15-9-18-21-16(20-15)22-7-3-4-12(2)10-22/h5-6,8-9,12H,3-4,7,10H2,1-2H3,(H,19,20,21). The van der Waals surface area contributed by atoms with Crippen LogP contribution in [0.4, 0.5) is 17.5 Å². The van der Waals surface area contributed by atoms with Gasteiger partial charge in [0.1, 0.15) is 0 Å². The molecule has 0 amide bonds. The van der Waals surface area contributed by atoms with Gasteiger partial charge in [0.05, 0.1) is 11.9 Å². The van der Waals surface area contributed by atoms with Crippen LogP contribution in [0.15, 0.2) is 28.9 Å². The summed E-state index contributed by atoms with van der Waals surface area (Å²) in [7, 11) is 0. The summed E-state index contributed by atoms with van der Waals surface area (Å²) in [5.74, 6) is 2.10. The summed E-state index contributed by atoms with van der Waals surface area (Å²) in [5, 5.41) is 11.6. The molecule has 1 unspecified atom stereocenters. The number of benzene rings is 1. The Bertz CT molecular complexity index is 661. The summed E-state index contributed by atoms with van der Waals surface area (Å²) >= 11 is 3.57. The van der Waals surface area contributed by atoms with Crippen LogP contribution in [0.5, 0.6) is 0 Å². The van der Waals surface area contributed by atoms with Crippen molar-refractivity contribution in [1.82, 2.24) is 15.2 Å². The molecule has 5 nitrogen and oxygen atoms in total. The van der Waals surface area contributed by atoms with Crippen molar-refractivity contribution >= 4 is 33.4 Å². The lowest BCUT2D eigenvalue weighted by Crippen LogP contribution is -2.35. The van der Waals surface area contributed by atoms with Crippen molar-refractivity contribution in [2.24, 2.45) is 5.92 Å². The van der Waals surface area contributed by atoms with Crippen molar-refractivity contribution in [3.8, 4) is 0 Å². The van der Waals surface area contributed by atoms with Crippen molar-refractivity contribution in [3.05, 3.63) is 34.4 Å². The Kier molecular flexibility index (Phi) is 4.57. The fourth-order valence-corrected chi connectivity index (χ4v) is 3.31. The first kappa shape index (κ1) is 15.2. The van der Waals surface area contributed by atoms with Crippen molar-refractivity contribution in [3.63, 3.8) is 0 Å². The van der Waals surface area contributed by atoms with Gasteiger partial charge in [-0.25, -0.2) is 0 Å². The topological polar surface area (TPSA) is 53.9 Å². The third-order valence-corrected chi connectivity index (χ3v) is 4.53. The average Bonchev–Trinajstić information content (AvgIpc) is 2.50. The number of aryl methyl sites for hydroxylation is 1. The van der Waals surface area contributed by atoms with E-state index in [0.29, 0.717) is 17.7 Å². The molecule has 1 aliphatic heterocycles. The van der Waals surface area contributed by atoms with E-state index in [1.165, 1.54) is 18.4 Å². The number of rotatable bonds is 3. The van der Waals surface area contributed by atoms with Crippen LogP contribution in [0.3, 0.4) is 0 Å². The summed E-state index contributed by atoms with van der Waals surface area (Å²) in [6, 6.07) is 6.17. The lowest BCUT2D eigenvalue weighted by Gasteiger charge is -2.30. The van der Waals surface area contributed by atoms with Crippen LogP contribution in [-0.2, 0) is 0 Å². The zero-order chi connectivity index (χ0) is 15.5. The molecular weight excluding hydrogens is 342 g/mol. The van der Waals surface area contributed by atoms with E-state index in [0.717, 1.165) is 23.2 Å². The SMILES string of the molecule is Cc1ccc(Nc2cnnc(N3CCCC(C)C3)n2)c(Br)c1. The van der Waals surface area contributed by atoms with Gasteiger partial charge in [0.25, 0.3) is 0 Å². The van der Waals surface area contributed by atoms with E-state index in [2.05, 4.69) is 67.3 Å². The maximum absolute atomic E-state index is 4.61. The fraction of sp³-hybridized carbons (Fsp3) is 0.438. The first-order valence-electron chi connectivity index (χ1n) is 7.59. The van der Waals surface area contributed by atoms with E-state index < -0.39 is 0 Å². The summed E-state index contributed by atoms with van der Waals surface area (Å²) < 4.78 is 1.01. The highest BCUT2D eigenvalue weighted by Gasteiger charge is 2.19. The molecule has 2 aromatic rings. The Morgan fingerprint density at radius 2 is 2.23 bits per heavy atom. The molecule has 0 radical (unpaired) electrons. The van der Waals surface area contributed by atoms with Gasteiger partial charge < -0.3 is 10.2 Å². The van der Waals surface area contributed by atoms with Gasteiger partial charge in [-0.05, 0) is 59.3 Å². The maximum atomic E-state index is 4.61. The second-order valence-corrected chi connectivity index (χ2v) is 6.80. The number of anilines is 3. The number of nitrogens with one attached hydrogen (secondary N) is 1. The van der Waals surface area contributed by atoms with Gasteiger partial charge in [0.2, 0.25) is 5.95 Å². The van der Waals surface area contributed by atoms with Gasteiger partial charge in [0.15, 0.2) is 5.82 Å². The number of hydrogen-bond donors (Lipinski definition) is 1. The van der Waals surface area contributed by atoms with E-state index in [-0.39, 0.29) is 0 Å². The molecule has 1 fully saturated rings. The molecule has 2 heterocycles. The molecule has 1 aliphatic rings. The number of hydrogen-bond acceptors (Lipinski definition) is 5. The molecule has 0 bridgehead atoms. The van der Waals surface area contributed by atoms with Gasteiger partial charge >= 0.3 is 0 Å². The average molecular weight is 362 g/mol. The zero-order valence-electron chi connectivity index (χ0n) is 12.9. The third-order valence-electron chi connectivity index (χ3n) is 3.87. The second-order valence-electron chi connectivity index (χ2n) is 5.94. The van der Waals surface area contributed by atoms with Gasteiger partial charge in [0, 0.05) is 17.6 Å². The summed E-state index contributed by atoms with van der Waals surface area (Å²) in [6.07, 6.45) is 4.12. The Morgan fingerprint density at radius 3 is 3.00 bits per heavy atom. The minimum atomic E-state index is 0.681. The van der Waals surface area contributed by atoms with Crippen LogP contribution in [0, 0.1) is 12.8 Å². The van der Waals surface area contributed by atoms with Crippen LogP contribution in [0.25, 0.3) is 0 Å². The van der Waals surface area contributed by atoms with E-state index in [1.807, 2.05) is 6.07 Å². The number of halogens is 1. The summed E-state index contributed by atoms with van der Waals surface area (Å²) in [6.45, 7) is 6.34. The van der Waals surface area contributed by atoms with Crippen LogP contribution < -0.4 is 10.2 Å². The molecule has 22 heavy (non-hydrogen) atoms. The van der Waals surface area contributed by atoms with Crippen LogP contribution in [0.1, 0.15) is 25.3 Å². The van der Waals surface area contributed by atoms with Gasteiger partial charge in [-0.3, -0.25) is 0 Å². The van der Waals surface area contributed by atoms with Crippen molar-refractivity contribution in [1.29, 1.82) is 0 Å². The lowest BCUT2D eigenvalue weighted by atomic mass is 10.0. The number of aromatic nitrogens is 3. The smallest absolute Gasteiger partial charge is 0.247 e. The largest absolute Gasteiger partial charge is 0.339 e. The highest BCUT2D eigenvalue weighted by molar-refractivity contribution is 9.10. The molecule has 0 spiro atoms. The quantitative estimate of drug-likeness (QED) is 0.897. The van der Waals surface area contributed by atoms with E-state index in [9.17, 15) is 0 Å². The van der Waals surface area contributed by atoms with Gasteiger partial charge in [-0.15, -0.1) is 5.10 Å². The summed E-state index contributed by atoms with van der Waals surface area (Å²) in [5.41, 5.74) is 2.19. The normalized spacial score (nSPS) is 18.3. The Labute approximate surface area is 139 Å². The monoisotopic (exact) mass is 361 g/mol. The van der Waals surface area contributed by atoms with E-state index in [4.69, 9.17) is 0 Å². The molecule has 1 aromatic carbocycles. The number of nitrogens with zero attached hydrogens (tertiary/aromatic N) is 4. The van der Waals surface area contributed by atoms with Crippen molar-refractivity contribution < 1.29 is 0 Å². The van der Waals surface area contributed by atoms with Crippen LogP contribution in [-0.4, -0.2) is 28.3 Å². The molecule has 0 aliphatic carbocycles.